The van der Waals surface area contributed by atoms with E-state index >= 15 is 0 Å². The number of fused-ring (bicyclic) bond motifs is 1. The highest BCUT2D eigenvalue weighted by molar-refractivity contribution is 5.79. The Morgan fingerprint density at radius 1 is 0.789 bits per heavy atom. The third kappa shape index (κ3) is 2.50. The first-order valence-electron chi connectivity index (χ1n) is 6.22. The zero-order chi connectivity index (χ0) is 13.2. The highest BCUT2D eigenvalue weighted by Gasteiger charge is 2.03. The van der Waals surface area contributed by atoms with E-state index < -0.39 is 11.6 Å². The van der Waals surface area contributed by atoms with E-state index in [9.17, 15) is 8.78 Å². The van der Waals surface area contributed by atoms with Gasteiger partial charge in [-0.05, 0) is 53.6 Å². The molecule has 0 saturated heterocycles. The van der Waals surface area contributed by atoms with Gasteiger partial charge in [0.2, 0.25) is 0 Å². The number of benzene rings is 2. The van der Waals surface area contributed by atoms with Crippen molar-refractivity contribution < 1.29 is 8.78 Å². The van der Waals surface area contributed by atoms with Gasteiger partial charge >= 0.3 is 0 Å². The van der Waals surface area contributed by atoms with Gasteiger partial charge in [-0.1, -0.05) is 18.2 Å². The molecule has 1 aromatic heterocycles. The first-order valence-corrected chi connectivity index (χ1v) is 6.22. The summed E-state index contributed by atoms with van der Waals surface area (Å²) >= 11 is 0. The van der Waals surface area contributed by atoms with Crippen molar-refractivity contribution in [2.45, 2.75) is 12.8 Å². The van der Waals surface area contributed by atoms with Gasteiger partial charge in [-0.15, -0.1) is 0 Å². The molecule has 0 radical (unpaired) electrons. The van der Waals surface area contributed by atoms with Crippen molar-refractivity contribution in [3.05, 3.63) is 71.4 Å². The summed E-state index contributed by atoms with van der Waals surface area (Å²) in [4.78, 5) is 3.17. The van der Waals surface area contributed by atoms with Gasteiger partial charge < -0.3 is 4.98 Å². The molecule has 0 saturated carbocycles. The molecule has 19 heavy (non-hydrogen) atoms. The molecule has 2 aromatic carbocycles. The summed E-state index contributed by atoms with van der Waals surface area (Å²) in [5.74, 6) is -1.58. The zero-order valence-electron chi connectivity index (χ0n) is 10.3. The van der Waals surface area contributed by atoms with Crippen molar-refractivity contribution in [1.82, 2.24) is 4.98 Å². The summed E-state index contributed by atoms with van der Waals surface area (Å²) in [7, 11) is 0. The van der Waals surface area contributed by atoms with Crippen LogP contribution in [0.4, 0.5) is 8.78 Å². The summed E-state index contributed by atoms with van der Waals surface area (Å²) in [6, 6.07) is 12.3. The average molecular weight is 257 g/mol. The van der Waals surface area contributed by atoms with E-state index in [1.165, 1.54) is 23.1 Å². The van der Waals surface area contributed by atoms with E-state index in [1.54, 1.807) is 6.07 Å². The van der Waals surface area contributed by atoms with E-state index in [4.69, 9.17) is 0 Å². The van der Waals surface area contributed by atoms with Crippen molar-refractivity contribution in [2.24, 2.45) is 0 Å². The van der Waals surface area contributed by atoms with Crippen molar-refractivity contribution in [3.63, 3.8) is 0 Å². The minimum Gasteiger partial charge on any atom is -0.361 e. The number of hydrogen-bond donors (Lipinski definition) is 1. The number of nitrogens with one attached hydrogen (secondary N) is 1. The highest BCUT2D eigenvalue weighted by Crippen LogP contribution is 2.16. The Bertz CT molecular complexity index is 716. The molecule has 96 valence electrons. The predicted octanol–water partition coefficient (Wildman–Crippen LogP) is 4.23. The molecule has 0 atom stereocenters. The average Bonchev–Trinajstić information content (AvgIpc) is 2.87. The number of rotatable bonds is 3. The van der Waals surface area contributed by atoms with Crippen LogP contribution in [0, 0.1) is 11.6 Å². The van der Waals surface area contributed by atoms with Crippen LogP contribution in [0.2, 0.25) is 0 Å². The van der Waals surface area contributed by atoms with E-state index in [0.717, 1.165) is 17.5 Å². The van der Waals surface area contributed by atoms with Crippen LogP contribution in [-0.2, 0) is 12.8 Å². The summed E-state index contributed by atoms with van der Waals surface area (Å²) in [6.07, 6.45) is 3.41. The maximum absolute atomic E-state index is 13.1. The van der Waals surface area contributed by atoms with Crippen LogP contribution >= 0.6 is 0 Å². The summed E-state index contributed by atoms with van der Waals surface area (Å²) < 4.78 is 25.9. The van der Waals surface area contributed by atoms with E-state index in [2.05, 4.69) is 23.2 Å². The van der Waals surface area contributed by atoms with Gasteiger partial charge in [0.05, 0.1) is 0 Å². The van der Waals surface area contributed by atoms with Gasteiger partial charge in [0.15, 0.2) is 11.6 Å². The van der Waals surface area contributed by atoms with Crippen molar-refractivity contribution >= 4 is 10.9 Å². The lowest BCUT2D eigenvalue weighted by Gasteiger charge is -2.03. The molecule has 0 unspecified atom stereocenters. The van der Waals surface area contributed by atoms with Gasteiger partial charge in [-0.2, -0.15) is 0 Å². The van der Waals surface area contributed by atoms with Crippen LogP contribution in [0.5, 0.6) is 0 Å². The maximum atomic E-state index is 13.1. The first kappa shape index (κ1) is 11.9. The van der Waals surface area contributed by atoms with Gasteiger partial charge in [0.1, 0.15) is 0 Å². The van der Waals surface area contributed by atoms with E-state index in [-0.39, 0.29) is 0 Å². The molecule has 3 rings (SSSR count). The molecule has 3 heteroatoms. The Hall–Kier alpha value is -2.16. The Balaban J connectivity index is 1.75. The second-order valence-corrected chi connectivity index (χ2v) is 4.65. The van der Waals surface area contributed by atoms with Crippen LogP contribution in [-0.4, -0.2) is 4.98 Å². The lowest BCUT2D eigenvalue weighted by atomic mass is 10.0. The number of aryl methyl sites for hydroxylation is 2. The van der Waals surface area contributed by atoms with Gasteiger partial charge in [0, 0.05) is 11.7 Å². The zero-order valence-corrected chi connectivity index (χ0v) is 10.3. The molecular formula is C16H13F2N. The van der Waals surface area contributed by atoms with Crippen LogP contribution in [0.25, 0.3) is 10.9 Å². The van der Waals surface area contributed by atoms with Crippen LogP contribution < -0.4 is 0 Å². The fraction of sp³-hybridized carbons (Fsp3) is 0.125. The van der Waals surface area contributed by atoms with E-state index in [0.29, 0.717) is 6.42 Å². The Kier molecular flexibility index (Phi) is 3.03. The SMILES string of the molecule is Fc1ccc(CCc2ccc3cc[nH]c3c2)cc1F. The molecule has 0 aliphatic carbocycles. The molecule has 1 heterocycles. The smallest absolute Gasteiger partial charge is 0.159 e. The monoisotopic (exact) mass is 257 g/mol. The van der Waals surface area contributed by atoms with Crippen LogP contribution in [0.15, 0.2) is 48.7 Å². The fourth-order valence-electron chi connectivity index (χ4n) is 2.23. The Morgan fingerprint density at radius 3 is 2.32 bits per heavy atom. The van der Waals surface area contributed by atoms with E-state index in [1.807, 2.05) is 12.3 Å². The summed E-state index contributed by atoms with van der Waals surface area (Å²) in [5, 5.41) is 1.18. The first-order chi connectivity index (χ1) is 9.22. The Labute approximate surface area is 109 Å². The molecule has 0 aliphatic heterocycles. The summed E-state index contributed by atoms with van der Waals surface area (Å²) in [6.45, 7) is 0. The molecule has 0 aliphatic rings. The number of hydrogen-bond acceptors (Lipinski definition) is 0. The molecule has 0 bridgehead atoms. The van der Waals surface area contributed by atoms with Gasteiger partial charge in [0.25, 0.3) is 0 Å². The normalized spacial score (nSPS) is 11.1. The van der Waals surface area contributed by atoms with Crippen molar-refractivity contribution in [1.29, 1.82) is 0 Å². The van der Waals surface area contributed by atoms with Crippen LogP contribution in [0.3, 0.4) is 0 Å². The lowest BCUT2D eigenvalue weighted by molar-refractivity contribution is 0.507. The fourth-order valence-corrected chi connectivity index (χ4v) is 2.23. The molecule has 0 amide bonds. The van der Waals surface area contributed by atoms with Crippen LogP contribution in [0.1, 0.15) is 11.1 Å². The quantitative estimate of drug-likeness (QED) is 0.722. The number of halogens is 2. The Morgan fingerprint density at radius 2 is 1.53 bits per heavy atom. The van der Waals surface area contributed by atoms with Crippen molar-refractivity contribution in [2.75, 3.05) is 0 Å². The topological polar surface area (TPSA) is 15.8 Å². The minimum absolute atomic E-state index is 0.698. The second-order valence-electron chi connectivity index (χ2n) is 4.65. The molecule has 1 nitrogen and oxygen atoms in total. The number of H-pyrrole nitrogens is 1. The highest BCUT2D eigenvalue weighted by atomic mass is 19.2. The minimum atomic E-state index is -0.795. The van der Waals surface area contributed by atoms with Gasteiger partial charge in [-0.3, -0.25) is 0 Å². The maximum Gasteiger partial charge on any atom is 0.159 e. The molecule has 1 N–H and O–H groups in total. The molecule has 3 aromatic rings. The molecular weight excluding hydrogens is 244 g/mol. The molecule has 0 spiro atoms. The second kappa shape index (κ2) is 4.84. The van der Waals surface area contributed by atoms with Crippen molar-refractivity contribution in [3.8, 4) is 0 Å². The third-order valence-electron chi connectivity index (χ3n) is 3.31. The number of aromatic amines is 1. The number of aromatic nitrogens is 1. The summed E-state index contributed by atoms with van der Waals surface area (Å²) in [5.41, 5.74) is 3.09. The van der Waals surface area contributed by atoms with Gasteiger partial charge in [-0.25, -0.2) is 8.78 Å². The standard InChI is InChI=1S/C16H13F2N/c17-14-6-4-11(9-15(14)18)1-2-12-3-5-13-7-8-19-16(13)10-12/h3-10,19H,1-2H2. The largest absolute Gasteiger partial charge is 0.361 e. The predicted molar refractivity (Wildman–Crippen MR) is 72.1 cm³/mol. The third-order valence-corrected chi connectivity index (χ3v) is 3.31. The molecule has 0 fully saturated rings. The lowest BCUT2D eigenvalue weighted by Crippen LogP contribution is -1.93.